The molecule has 5 heteroatoms. The molecule has 1 amide bonds. The van der Waals surface area contributed by atoms with Crippen molar-refractivity contribution >= 4 is 16.9 Å². The van der Waals surface area contributed by atoms with E-state index in [0.717, 1.165) is 22.6 Å². The van der Waals surface area contributed by atoms with Crippen LogP contribution in [0.1, 0.15) is 18.3 Å². The van der Waals surface area contributed by atoms with E-state index in [2.05, 4.69) is 21.4 Å². The van der Waals surface area contributed by atoms with E-state index in [-0.39, 0.29) is 5.91 Å². The van der Waals surface area contributed by atoms with Crippen LogP contribution in [-0.2, 0) is 17.9 Å². The SMILES string of the molecule is C=C(C)C(=O)NCc1nc2ccccc2n1CCOc1ccc(C)cc1. The molecule has 0 fully saturated rings. The summed E-state index contributed by atoms with van der Waals surface area (Å²) in [4.78, 5) is 16.4. The van der Waals surface area contributed by atoms with Crippen molar-refractivity contribution in [2.75, 3.05) is 6.61 Å². The van der Waals surface area contributed by atoms with Crippen LogP contribution in [0.3, 0.4) is 0 Å². The topological polar surface area (TPSA) is 56.2 Å². The van der Waals surface area contributed by atoms with Crippen LogP contribution in [0.4, 0.5) is 0 Å². The number of fused-ring (bicyclic) bond motifs is 1. The fourth-order valence-corrected chi connectivity index (χ4v) is 2.71. The van der Waals surface area contributed by atoms with Gasteiger partial charge in [-0.15, -0.1) is 0 Å². The molecule has 0 aliphatic rings. The van der Waals surface area contributed by atoms with Gasteiger partial charge in [-0.2, -0.15) is 0 Å². The summed E-state index contributed by atoms with van der Waals surface area (Å²) in [5.74, 6) is 1.48. The monoisotopic (exact) mass is 349 g/mol. The lowest BCUT2D eigenvalue weighted by Gasteiger charge is -2.11. The van der Waals surface area contributed by atoms with Gasteiger partial charge in [0.1, 0.15) is 18.2 Å². The molecule has 5 nitrogen and oxygen atoms in total. The number of aromatic nitrogens is 2. The predicted molar refractivity (Wildman–Crippen MR) is 103 cm³/mol. The average Bonchev–Trinajstić information content (AvgIpc) is 2.99. The fourth-order valence-electron chi connectivity index (χ4n) is 2.71. The Kier molecular flexibility index (Phi) is 5.37. The van der Waals surface area contributed by atoms with Crippen LogP contribution >= 0.6 is 0 Å². The van der Waals surface area contributed by atoms with Crippen LogP contribution in [-0.4, -0.2) is 22.1 Å². The Morgan fingerprint density at radius 1 is 1.19 bits per heavy atom. The van der Waals surface area contributed by atoms with Gasteiger partial charge in [-0.3, -0.25) is 4.79 Å². The van der Waals surface area contributed by atoms with Gasteiger partial charge < -0.3 is 14.6 Å². The van der Waals surface area contributed by atoms with Crippen LogP contribution in [0.5, 0.6) is 5.75 Å². The zero-order valence-electron chi connectivity index (χ0n) is 15.2. The minimum atomic E-state index is -0.167. The van der Waals surface area contributed by atoms with Gasteiger partial charge in [0.2, 0.25) is 5.91 Å². The van der Waals surface area contributed by atoms with E-state index in [1.807, 2.05) is 55.5 Å². The number of amides is 1. The van der Waals surface area contributed by atoms with Gasteiger partial charge in [0.25, 0.3) is 0 Å². The quantitative estimate of drug-likeness (QED) is 0.663. The van der Waals surface area contributed by atoms with Gasteiger partial charge in [0.15, 0.2) is 0 Å². The molecule has 0 saturated heterocycles. The number of carbonyl (C=O) groups is 1. The summed E-state index contributed by atoms with van der Waals surface area (Å²) in [6.45, 7) is 8.92. The highest BCUT2D eigenvalue weighted by Gasteiger charge is 2.12. The summed E-state index contributed by atoms with van der Waals surface area (Å²) in [5.41, 5.74) is 3.62. The number of carbonyl (C=O) groups excluding carboxylic acids is 1. The van der Waals surface area contributed by atoms with E-state index in [4.69, 9.17) is 4.74 Å². The number of hydrogen-bond acceptors (Lipinski definition) is 3. The first kappa shape index (κ1) is 17.7. The van der Waals surface area contributed by atoms with E-state index in [1.165, 1.54) is 5.56 Å². The van der Waals surface area contributed by atoms with E-state index in [0.29, 0.717) is 25.3 Å². The van der Waals surface area contributed by atoms with Crippen LogP contribution < -0.4 is 10.1 Å². The summed E-state index contributed by atoms with van der Waals surface area (Å²) >= 11 is 0. The molecule has 0 saturated carbocycles. The summed E-state index contributed by atoms with van der Waals surface area (Å²) in [6.07, 6.45) is 0. The van der Waals surface area contributed by atoms with Gasteiger partial charge in [0, 0.05) is 5.57 Å². The van der Waals surface area contributed by atoms with Gasteiger partial charge in [-0.25, -0.2) is 4.98 Å². The number of hydrogen-bond donors (Lipinski definition) is 1. The summed E-state index contributed by atoms with van der Waals surface area (Å²) in [5, 5.41) is 2.85. The normalized spacial score (nSPS) is 10.7. The zero-order valence-corrected chi connectivity index (χ0v) is 15.2. The maximum Gasteiger partial charge on any atom is 0.246 e. The van der Waals surface area contributed by atoms with Crippen molar-refractivity contribution in [3.63, 3.8) is 0 Å². The number of nitrogens with zero attached hydrogens (tertiary/aromatic N) is 2. The molecule has 1 N–H and O–H groups in total. The van der Waals surface area contributed by atoms with Crippen molar-refractivity contribution in [3.8, 4) is 5.75 Å². The second-order valence-corrected chi connectivity index (χ2v) is 6.29. The van der Waals surface area contributed by atoms with Crippen molar-refractivity contribution in [3.05, 3.63) is 72.1 Å². The predicted octanol–water partition coefficient (Wildman–Crippen LogP) is 3.62. The molecule has 0 aliphatic heterocycles. The molecule has 0 atom stereocenters. The molecule has 1 heterocycles. The lowest BCUT2D eigenvalue weighted by atomic mass is 10.2. The maximum absolute atomic E-state index is 11.8. The molecular weight excluding hydrogens is 326 g/mol. The number of benzene rings is 2. The van der Waals surface area contributed by atoms with E-state index in [9.17, 15) is 4.79 Å². The molecule has 26 heavy (non-hydrogen) atoms. The Bertz CT molecular complexity index is 926. The van der Waals surface area contributed by atoms with Gasteiger partial charge in [-0.1, -0.05) is 36.4 Å². The molecule has 2 aromatic carbocycles. The molecular formula is C21H23N3O2. The molecule has 0 unspecified atom stereocenters. The van der Waals surface area contributed by atoms with Crippen molar-refractivity contribution in [1.29, 1.82) is 0 Å². The Labute approximate surface area is 153 Å². The number of nitrogens with one attached hydrogen (secondary N) is 1. The summed E-state index contributed by atoms with van der Waals surface area (Å²) in [6, 6.07) is 15.9. The van der Waals surface area contributed by atoms with Gasteiger partial charge >= 0.3 is 0 Å². The molecule has 0 spiro atoms. The molecule has 0 bridgehead atoms. The van der Waals surface area contributed by atoms with Crippen LogP contribution in [0, 0.1) is 6.92 Å². The lowest BCUT2D eigenvalue weighted by Crippen LogP contribution is -2.25. The van der Waals surface area contributed by atoms with E-state index in [1.54, 1.807) is 6.92 Å². The van der Waals surface area contributed by atoms with Crippen molar-refractivity contribution in [2.45, 2.75) is 26.9 Å². The molecule has 134 valence electrons. The van der Waals surface area contributed by atoms with Crippen molar-refractivity contribution in [2.24, 2.45) is 0 Å². The van der Waals surface area contributed by atoms with Crippen LogP contribution in [0.15, 0.2) is 60.7 Å². The number of imidazole rings is 1. The number of aryl methyl sites for hydroxylation is 1. The van der Waals surface area contributed by atoms with E-state index < -0.39 is 0 Å². The Balaban J connectivity index is 1.74. The largest absolute Gasteiger partial charge is 0.492 e. The standard InChI is InChI=1S/C21H23N3O2/c1-15(2)21(25)22-14-20-23-18-6-4-5-7-19(18)24(20)12-13-26-17-10-8-16(3)9-11-17/h4-11H,1,12-14H2,2-3H3,(H,22,25). The second kappa shape index (κ2) is 7.87. The smallest absolute Gasteiger partial charge is 0.246 e. The minimum Gasteiger partial charge on any atom is -0.492 e. The minimum absolute atomic E-state index is 0.167. The average molecular weight is 349 g/mol. The Morgan fingerprint density at radius 2 is 1.92 bits per heavy atom. The van der Waals surface area contributed by atoms with Crippen LogP contribution in [0.25, 0.3) is 11.0 Å². The second-order valence-electron chi connectivity index (χ2n) is 6.29. The zero-order chi connectivity index (χ0) is 18.5. The highest BCUT2D eigenvalue weighted by Crippen LogP contribution is 2.17. The summed E-state index contributed by atoms with van der Waals surface area (Å²) in [7, 11) is 0. The third kappa shape index (κ3) is 4.11. The van der Waals surface area contributed by atoms with Gasteiger partial charge in [0.05, 0.1) is 24.1 Å². The van der Waals surface area contributed by atoms with E-state index >= 15 is 0 Å². The van der Waals surface area contributed by atoms with Crippen molar-refractivity contribution in [1.82, 2.24) is 14.9 Å². The number of para-hydroxylation sites is 2. The first-order valence-electron chi connectivity index (χ1n) is 8.62. The molecule has 0 radical (unpaired) electrons. The molecule has 3 rings (SSSR count). The first-order chi connectivity index (χ1) is 12.5. The van der Waals surface area contributed by atoms with Crippen LogP contribution in [0.2, 0.25) is 0 Å². The molecule has 0 aliphatic carbocycles. The van der Waals surface area contributed by atoms with Crippen molar-refractivity contribution < 1.29 is 9.53 Å². The first-order valence-corrected chi connectivity index (χ1v) is 8.62. The third-order valence-corrected chi connectivity index (χ3v) is 4.13. The lowest BCUT2D eigenvalue weighted by molar-refractivity contribution is -0.117. The highest BCUT2D eigenvalue weighted by molar-refractivity contribution is 5.92. The Hall–Kier alpha value is -3.08. The Morgan fingerprint density at radius 3 is 2.65 bits per heavy atom. The summed E-state index contributed by atoms with van der Waals surface area (Å²) < 4.78 is 7.94. The number of rotatable bonds is 7. The highest BCUT2D eigenvalue weighted by atomic mass is 16.5. The third-order valence-electron chi connectivity index (χ3n) is 4.13. The molecule has 3 aromatic rings. The van der Waals surface area contributed by atoms with Gasteiger partial charge in [-0.05, 0) is 38.1 Å². The molecule has 1 aromatic heterocycles. The maximum atomic E-state index is 11.8. The fraction of sp³-hybridized carbons (Fsp3) is 0.238. The number of ether oxygens (including phenoxy) is 1.